The van der Waals surface area contributed by atoms with Gasteiger partial charge in [-0.2, -0.15) is 13.2 Å². The average molecular weight is 382 g/mol. The summed E-state index contributed by atoms with van der Waals surface area (Å²) in [5.74, 6) is -0.0369. The van der Waals surface area contributed by atoms with Crippen LogP contribution in [0.4, 0.5) is 18.9 Å². The summed E-state index contributed by atoms with van der Waals surface area (Å²) in [6, 6.07) is 18.3. The van der Waals surface area contributed by atoms with Gasteiger partial charge < -0.3 is 9.73 Å². The Morgan fingerprint density at radius 1 is 0.893 bits per heavy atom. The molecule has 1 heterocycles. The molecule has 0 atom stereocenters. The van der Waals surface area contributed by atoms with Gasteiger partial charge in [0.2, 0.25) is 5.89 Å². The number of fused-ring (bicyclic) bond motifs is 1. The summed E-state index contributed by atoms with van der Waals surface area (Å²) in [6.07, 6.45) is -4.43. The molecule has 0 fully saturated rings. The first-order valence-electron chi connectivity index (χ1n) is 8.35. The largest absolute Gasteiger partial charge is 0.436 e. The molecule has 3 aromatic carbocycles. The molecule has 1 amide bonds. The molecule has 0 aliphatic heterocycles. The van der Waals surface area contributed by atoms with Gasteiger partial charge in [-0.1, -0.05) is 12.1 Å². The predicted molar refractivity (Wildman–Crippen MR) is 98.8 cm³/mol. The molecule has 0 aliphatic rings. The lowest BCUT2D eigenvalue weighted by Crippen LogP contribution is -2.12. The molecule has 0 unspecified atom stereocenters. The molecule has 0 radical (unpaired) electrons. The highest BCUT2D eigenvalue weighted by Gasteiger charge is 2.30. The molecule has 4 rings (SSSR count). The van der Waals surface area contributed by atoms with Crippen LogP contribution in [-0.2, 0) is 6.18 Å². The lowest BCUT2D eigenvalue weighted by Gasteiger charge is -2.08. The van der Waals surface area contributed by atoms with E-state index in [1.165, 1.54) is 0 Å². The van der Waals surface area contributed by atoms with Crippen molar-refractivity contribution in [3.8, 4) is 11.5 Å². The minimum absolute atomic E-state index is 0.135. The number of nitrogens with zero attached hydrogens (tertiary/aromatic N) is 1. The van der Waals surface area contributed by atoms with Crippen LogP contribution in [0.15, 0.2) is 77.2 Å². The molecule has 4 nitrogen and oxygen atoms in total. The van der Waals surface area contributed by atoms with Crippen LogP contribution >= 0.6 is 0 Å². The van der Waals surface area contributed by atoms with E-state index >= 15 is 0 Å². The highest BCUT2D eigenvalue weighted by molar-refractivity contribution is 6.04. The fourth-order valence-corrected chi connectivity index (χ4v) is 2.71. The highest BCUT2D eigenvalue weighted by Crippen LogP contribution is 2.29. The number of benzene rings is 3. The zero-order valence-electron chi connectivity index (χ0n) is 14.3. The molecule has 4 aromatic rings. The van der Waals surface area contributed by atoms with Crippen LogP contribution in [-0.4, -0.2) is 10.9 Å². The lowest BCUT2D eigenvalue weighted by atomic mass is 10.1. The van der Waals surface area contributed by atoms with Crippen molar-refractivity contribution in [2.75, 3.05) is 5.32 Å². The molecule has 1 N–H and O–H groups in total. The first-order chi connectivity index (χ1) is 13.4. The Kier molecular flexibility index (Phi) is 4.35. The molecule has 0 spiro atoms. The molecule has 28 heavy (non-hydrogen) atoms. The Bertz CT molecular complexity index is 1100. The Morgan fingerprint density at radius 3 is 2.21 bits per heavy atom. The van der Waals surface area contributed by atoms with Crippen LogP contribution in [0.2, 0.25) is 0 Å². The van der Waals surface area contributed by atoms with Crippen molar-refractivity contribution in [3.05, 3.63) is 83.9 Å². The Balaban J connectivity index is 1.49. The van der Waals surface area contributed by atoms with Crippen LogP contribution < -0.4 is 5.32 Å². The maximum Gasteiger partial charge on any atom is 0.416 e. The van der Waals surface area contributed by atoms with E-state index < -0.39 is 17.6 Å². The second-order valence-electron chi connectivity index (χ2n) is 6.09. The van der Waals surface area contributed by atoms with Gasteiger partial charge in [0.1, 0.15) is 5.52 Å². The van der Waals surface area contributed by atoms with Gasteiger partial charge in [0, 0.05) is 16.8 Å². The van der Waals surface area contributed by atoms with Crippen LogP contribution in [0, 0.1) is 0 Å². The zero-order chi connectivity index (χ0) is 19.7. The predicted octanol–water partition coefficient (Wildman–Crippen LogP) is 5.77. The van der Waals surface area contributed by atoms with Gasteiger partial charge >= 0.3 is 6.18 Å². The van der Waals surface area contributed by atoms with Crippen molar-refractivity contribution < 1.29 is 22.4 Å². The molecule has 140 valence electrons. The van der Waals surface area contributed by atoms with Crippen LogP contribution in [0.25, 0.3) is 22.6 Å². The summed E-state index contributed by atoms with van der Waals surface area (Å²) >= 11 is 0. The maximum absolute atomic E-state index is 12.6. The molecule has 1 aromatic heterocycles. The first kappa shape index (κ1) is 17.8. The van der Waals surface area contributed by atoms with E-state index in [1.54, 1.807) is 24.3 Å². The number of aromatic nitrogens is 1. The third kappa shape index (κ3) is 3.59. The van der Waals surface area contributed by atoms with Crippen LogP contribution in [0.1, 0.15) is 15.9 Å². The fraction of sp³-hybridized carbons (Fsp3) is 0.0476. The number of alkyl halides is 3. The molecule has 7 heteroatoms. The minimum atomic E-state index is -4.43. The molecule has 0 saturated heterocycles. The van der Waals surface area contributed by atoms with Gasteiger partial charge in [0.05, 0.1) is 5.56 Å². The van der Waals surface area contributed by atoms with Crippen molar-refractivity contribution in [1.29, 1.82) is 0 Å². The number of para-hydroxylation sites is 2. The van der Waals surface area contributed by atoms with Crippen molar-refractivity contribution in [2.24, 2.45) is 0 Å². The second kappa shape index (κ2) is 6.84. The van der Waals surface area contributed by atoms with E-state index in [0.717, 1.165) is 35.3 Å². The van der Waals surface area contributed by atoms with Gasteiger partial charge in [-0.05, 0) is 60.7 Å². The Hall–Kier alpha value is -3.61. The summed E-state index contributed by atoms with van der Waals surface area (Å²) in [7, 11) is 0. The number of hydrogen-bond acceptors (Lipinski definition) is 3. The fourth-order valence-electron chi connectivity index (χ4n) is 2.71. The van der Waals surface area contributed by atoms with E-state index in [2.05, 4.69) is 10.3 Å². The summed E-state index contributed by atoms with van der Waals surface area (Å²) in [6.45, 7) is 0. The molecule has 0 aliphatic carbocycles. The highest BCUT2D eigenvalue weighted by atomic mass is 19.4. The topological polar surface area (TPSA) is 55.1 Å². The molecule has 0 saturated carbocycles. The Morgan fingerprint density at radius 2 is 1.57 bits per heavy atom. The third-order valence-corrected chi connectivity index (χ3v) is 4.16. The van der Waals surface area contributed by atoms with Gasteiger partial charge in [0.25, 0.3) is 5.91 Å². The van der Waals surface area contributed by atoms with Gasteiger partial charge in [0.15, 0.2) is 5.58 Å². The second-order valence-corrected chi connectivity index (χ2v) is 6.09. The molecule has 0 bridgehead atoms. The average Bonchev–Trinajstić information content (AvgIpc) is 3.12. The third-order valence-electron chi connectivity index (χ3n) is 4.16. The maximum atomic E-state index is 12.6. The molecular weight excluding hydrogens is 369 g/mol. The van der Waals surface area contributed by atoms with Crippen molar-refractivity contribution in [2.45, 2.75) is 6.18 Å². The van der Waals surface area contributed by atoms with E-state index in [0.29, 0.717) is 17.2 Å². The number of amides is 1. The van der Waals surface area contributed by atoms with Crippen LogP contribution in [0.3, 0.4) is 0 Å². The van der Waals surface area contributed by atoms with Crippen LogP contribution in [0.5, 0.6) is 0 Å². The van der Waals surface area contributed by atoms with Crippen molar-refractivity contribution >= 4 is 22.7 Å². The number of carbonyl (C=O) groups is 1. The Labute approximate surface area is 157 Å². The van der Waals surface area contributed by atoms with Gasteiger partial charge in [-0.15, -0.1) is 0 Å². The number of anilines is 1. The first-order valence-corrected chi connectivity index (χ1v) is 8.35. The SMILES string of the molecule is O=C(Nc1ccc(-c2nc3ccccc3o2)cc1)c1ccc(C(F)(F)F)cc1. The summed E-state index contributed by atoms with van der Waals surface area (Å²) in [5, 5.41) is 2.65. The minimum Gasteiger partial charge on any atom is -0.436 e. The van der Waals surface area contributed by atoms with E-state index in [9.17, 15) is 18.0 Å². The number of oxazole rings is 1. The number of hydrogen-bond donors (Lipinski definition) is 1. The lowest BCUT2D eigenvalue weighted by molar-refractivity contribution is -0.137. The monoisotopic (exact) mass is 382 g/mol. The normalized spacial score (nSPS) is 11.5. The smallest absolute Gasteiger partial charge is 0.416 e. The van der Waals surface area contributed by atoms with E-state index in [1.807, 2.05) is 24.3 Å². The standard InChI is InChI=1S/C21H13F3N2O2/c22-21(23,24)15-9-5-13(6-10-15)19(27)25-16-11-7-14(8-12-16)20-26-17-3-1-2-4-18(17)28-20/h1-12H,(H,25,27). The number of nitrogens with one attached hydrogen (secondary N) is 1. The van der Waals surface area contributed by atoms with Crippen molar-refractivity contribution in [3.63, 3.8) is 0 Å². The summed E-state index contributed by atoms with van der Waals surface area (Å²) < 4.78 is 43.5. The van der Waals surface area contributed by atoms with Crippen molar-refractivity contribution in [1.82, 2.24) is 4.98 Å². The summed E-state index contributed by atoms with van der Waals surface area (Å²) in [5.41, 5.74) is 2.01. The number of carbonyl (C=O) groups excluding carboxylic acids is 1. The van der Waals surface area contributed by atoms with Gasteiger partial charge in [-0.25, -0.2) is 4.98 Å². The quantitative estimate of drug-likeness (QED) is 0.490. The van der Waals surface area contributed by atoms with E-state index in [-0.39, 0.29) is 5.56 Å². The number of halogens is 3. The van der Waals surface area contributed by atoms with E-state index in [4.69, 9.17) is 4.42 Å². The zero-order valence-corrected chi connectivity index (χ0v) is 14.3. The summed E-state index contributed by atoms with van der Waals surface area (Å²) in [4.78, 5) is 16.6. The molecular formula is C21H13F3N2O2. The van der Waals surface area contributed by atoms with Gasteiger partial charge in [-0.3, -0.25) is 4.79 Å². The number of rotatable bonds is 3.